The molecule has 2 heterocycles. The fourth-order valence-corrected chi connectivity index (χ4v) is 4.99. The smallest absolute Gasteiger partial charge is 0.276 e. The Morgan fingerprint density at radius 3 is 2.77 bits per heavy atom. The summed E-state index contributed by atoms with van der Waals surface area (Å²) in [6.45, 7) is 6.03. The Hall–Kier alpha value is -2.90. The molecule has 4 aromatic rings. The minimum absolute atomic E-state index is 0.104. The van der Waals surface area contributed by atoms with Gasteiger partial charge in [0.05, 0.1) is 17.0 Å². The predicted molar refractivity (Wildman–Crippen MR) is 130 cm³/mol. The molecule has 0 aliphatic heterocycles. The van der Waals surface area contributed by atoms with E-state index < -0.39 is 0 Å². The van der Waals surface area contributed by atoms with Crippen molar-refractivity contribution in [3.05, 3.63) is 81.0 Å². The molecule has 0 atom stereocenters. The molecule has 1 N–H and O–H groups in total. The molecule has 0 aliphatic carbocycles. The van der Waals surface area contributed by atoms with Crippen molar-refractivity contribution in [2.75, 3.05) is 11.1 Å². The van der Waals surface area contributed by atoms with Crippen LogP contribution in [-0.2, 0) is 11.2 Å². The summed E-state index contributed by atoms with van der Waals surface area (Å²) in [4.78, 5) is 30.7. The molecule has 1 amide bonds. The Kier molecular flexibility index (Phi) is 6.25. The maximum absolute atomic E-state index is 13.3. The first-order valence-corrected chi connectivity index (χ1v) is 11.9. The zero-order valence-corrected chi connectivity index (χ0v) is 19.3. The fourth-order valence-electron chi connectivity index (χ4n) is 3.43. The molecule has 2 aromatic heterocycles. The van der Waals surface area contributed by atoms with Crippen LogP contribution in [0.2, 0.25) is 0 Å². The first kappa shape index (κ1) is 21.3. The van der Waals surface area contributed by atoms with Crippen molar-refractivity contribution in [2.45, 2.75) is 32.3 Å². The van der Waals surface area contributed by atoms with Gasteiger partial charge in [-0.15, -0.1) is 11.3 Å². The van der Waals surface area contributed by atoms with Gasteiger partial charge in [-0.25, -0.2) is 4.98 Å². The van der Waals surface area contributed by atoms with Crippen LogP contribution in [0.25, 0.3) is 15.9 Å². The molecule has 31 heavy (non-hydrogen) atoms. The first-order valence-electron chi connectivity index (χ1n) is 10.1. The lowest BCUT2D eigenvalue weighted by molar-refractivity contribution is -0.113. The first-order chi connectivity index (χ1) is 15.0. The summed E-state index contributed by atoms with van der Waals surface area (Å²) in [6, 6.07) is 15.6. The number of thioether (sulfide) groups is 1. The van der Waals surface area contributed by atoms with Crippen molar-refractivity contribution >= 4 is 44.9 Å². The highest BCUT2D eigenvalue weighted by Crippen LogP contribution is 2.26. The summed E-state index contributed by atoms with van der Waals surface area (Å²) in [7, 11) is 0. The second-order valence-electron chi connectivity index (χ2n) is 7.31. The Balaban J connectivity index is 1.68. The van der Waals surface area contributed by atoms with Gasteiger partial charge in [-0.3, -0.25) is 14.2 Å². The molecule has 0 bridgehead atoms. The van der Waals surface area contributed by atoms with Crippen LogP contribution in [0.5, 0.6) is 0 Å². The molecule has 158 valence electrons. The van der Waals surface area contributed by atoms with Crippen molar-refractivity contribution in [3.8, 4) is 5.69 Å². The van der Waals surface area contributed by atoms with Crippen molar-refractivity contribution in [2.24, 2.45) is 0 Å². The normalized spacial score (nSPS) is 11.1. The third-order valence-electron chi connectivity index (χ3n) is 5.06. The Morgan fingerprint density at radius 2 is 1.97 bits per heavy atom. The Bertz CT molecular complexity index is 1320. The van der Waals surface area contributed by atoms with Gasteiger partial charge >= 0.3 is 0 Å². The van der Waals surface area contributed by atoms with Crippen molar-refractivity contribution in [1.82, 2.24) is 9.55 Å². The number of aryl methyl sites for hydroxylation is 3. The standard InChI is InChI=1S/C24H23N3O2S2/c1-4-17-7-5-6-8-18(17)25-21(28)14-31-24-26-19-11-12-30-22(19)23(29)27(24)20-13-15(2)9-10-16(20)3/h5-13H,4,14H2,1-3H3,(H,25,28). The number of nitrogens with one attached hydrogen (secondary N) is 1. The highest BCUT2D eigenvalue weighted by molar-refractivity contribution is 7.99. The summed E-state index contributed by atoms with van der Waals surface area (Å²) >= 11 is 2.66. The number of rotatable bonds is 6. The summed E-state index contributed by atoms with van der Waals surface area (Å²) in [5, 5.41) is 5.37. The fraction of sp³-hybridized carbons (Fsp3) is 0.208. The zero-order chi connectivity index (χ0) is 22.0. The van der Waals surface area contributed by atoms with Crippen LogP contribution in [0.4, 0.5) is 5.69 Å². The molecule has 0 aliphatic rings. The van der Waals surface area contributed by atoms with Crippen LogP contribution in [0.3, 0.4) is 0 Å². The van der Waals surface area contributed by atoms with Crippen molar-refractivity contribution in [1.29, 1.82) is 0 Å². The van der Waals surface area contributed by atoms with Gasteiger partial charge in [-0.1, -0.05) is 49.0 Å². The second-order valence-corrected chi connectivity index (χ2v) is 9.17. The number of hydrogen-bond acceptors (Lipinski definition) is 5. The van der Waals surface area contributed by atoms with Gasteiger partial charge in [0.25, 0.3) is 5.56 Å². The van der Waals surface area contributed by atoms with E-state index in [0.717, 1.165) is 34.5 Å². The van der Waals surface area contributed by atoms with E-state index in [1.165, 1.54) is 23.1 Å². The SMILES string of the molecule is CCc1ccccc1NC(=O)CSc1nc2ccsc2c(=O)n1-c1cc(C)ccc1C. The van der Waals surface area contributed by atoms with Crippen LogP contribution in [0.1, 0.15) is 23.6 Å². The lowest BCUT2D eigenvalue weighted by atomic mass is 10.1. The van der Waals surface area contributed by atoms with Gasteiger partial charge in [0.15, 0.2) is 5.16 Å². The van der Waals surface area contributed by atoms with E-state index in [4.69, 9.17) is 4.98 Å². The highest BCUT2D eigenvalue weighted by Gasteiger charge is 2.17. The molecule has 0 saturated heterocycles. The largest absolute Gasteiger partial charge is 0.325 e. The lowest BCUT2D eigenvalue weighted by Crippen LogP contribution is -2.23. The number of fused-ring (bicyclic) bond motifs is 1. The molecular weight excluding hydrogens is 426 g/mol. The van der Waals surface area contributed by atoms with Gasteiger partial charge in [-0.2, -0.15) is 0 Å². The summed E-state index contributed by atoms with van der Waals surface area (Å²) in [5.74, 6) is 0.0310. The van der Waals surface area contributed by atoms with Gasteiger partial charge in [-0.05, 0) is 60.5 Å². The van der Waals surface area contributed by atoms with Crippen LogP contribution < -0.4 is 10.9 Å². The molecule has 2 aromatic carbocycles. The Morgan fingerprint density at radius 1 is 1.16 bits per heavy atom. The molecule has 0 spiro atoms. The molecule has 7 heteroatoms. The summed E-state index contributed by atoms with van der Waals surface area (Å²) in [5.41, 5.74) is 5.31. The lowest BCUT2D eigenvalue weighted by Gasteiger charge is -2.15. The third-order valence-corrected chi connectivity index (χ3v) is 6.89. The van der Waals surface area contributed by atoms with Crippen LogP contribution in [0, 0.1) is 13.8 Å². The average Bonchev–Trinajstić information content (AvgIpc) is 3.24. The topological polar surface area (TPSA) is 64.0 Å². The predicted octanol–water partition coefficient (Wildman–Crippen LogP) is 5.36. The van der Waals surface area contributed by atoms with Gasteiger partial charge in [0, 0.05) is 5.69 Å². The van der Waals surface area contributed by atoms with Crippen LogP contribution in [-0.4, -0.2) is 21.2 Å². The van der Waals surface area contributed by atoms with Gasteiger partial charge < -0.3 is 5.32 Å². The quantitative estimate of drug-likeness (QED) is 0.318. The number of anilines is 1. The van der Waals surface area contributed by atoms with Gasteiger partial charge in [0.1, 0.15) is 4.70 Å². The zero-order valence-electron chi connectivity index (χ0n) is 17.6. The number of amides is 1. The van der Waals surface area contributed by atoms with Crippen molar-refractivity contribution < 1.29 is 4.79 Å². The molecular formula is C24H23N3O2S2. The van der Waals surface area contributed by atoms with E-state index in [9.17, 15) is 9.59 Å². The maximum Gasteiger partial charge on any atom is 0.276 e. The second kappa shape index (κ2) is 9.08. The highest BCUT2D eigenvalue weighted by atomic mass is 32.2. The number of hydrogen-bond donors (Lipinski definition) is 1. The minimum Gasteiger partial charge on any atom is -0.325 e. The summed E-state index contributed by atoms with van der Waals surface area (Å²) in [6.07, 6.45) is 0.839. The van der Waals surface area contributed by atoms with Crippen molar-refractivity contribution in [3.63, 3.8) is 0 Å². The summed E-state index contributed by atoms with van der Waals surface area (Å²) < 4.78 is 2.26. The number of aromatic nitrogens is 2. The molecule has 0 fully saturated rings. The number of thiophene rings is 1. The Labute approximate surface area is 189 Å². The molecule has 0 unspecified atom stereocenters. The number of para-hydroxylation sites is 1. The number of nitrogens with zero attached hydrogens (tertiary/aromatic N) is 2. The van der Waals surface area contributed by atoms with E-state index in [-0.39, 0.29) is 17.2 Å². The number of carbonyl (C=O) groups excluding carboxylic acids is 1. The van der Waals surface area contributed by atoms with E-state index in [1.54, 1.807) is 4.57 Å². The van der Waals surface area contributed by atoms with Crippen LogP contribution in [0.15, 0.2) is 63.9 Å². The maximum atomic E-state index is 13.3. The van der Waals surface area contributed by atoms with E-state index in [0.29, 0.717) is 15.4 Å². The van der Waals surface area contributed by atoms with E-state index in [1.807, 2.05) is 67.8 Å². The molecule has 0 radical (unpaired) electrons. The molecule has 4 rings (SSSR count). The monoisotopic (exact) mass is 449 g/mol. The molecule has 0 saturated carbocycles. The van der Waals surface area contributed by atoms with E-state index >= 15 is 0 Å². The number of benzene rings is 2. The minimum atomic E-state index is -0.127. The molecule has 5 nitrogen and oxygen atoms in total. The average molecular weight is 450 g/mol. The number of carbonyl (C=O) groups is 1. The van der Waals surface area contributed by atoms with Gasteiger partial charge in [0.2, 0.25) is 5.91 Å². The third kappa shape index (κ3) is 4.43. The van der Waals surface area contributed by atoms with Crippen LogP contribution >= 0.6 is 23.1 Å². The van der Waals surface area contributed by atoms with E-state index in [2.05, 4.69) is 12.2 Å².